The van der Waals surface area contributed by atoms with Crippen LogP contribution in [-0.2, 0) is 17.9 Å². The van der Waals surface area contributed by atoms with Crippen LogP contribution in [0.4, 0.5) is 0 Å². The molecule has 0 aliphatic carbocycles. The summed E-state index contributed by atoms with van der Waals surface area (Å²) >= 11 is 0. The van der Waals surface area contributed by atoms with E-state index in [0.717, 1.165) is 29.8 Å². The van der Waals surface area contributed by atoms with Crippen molar-refractivity contribution in [1.82, 2.24) is 9.55 Å². The van der Waals surface area contributed by atoms with E-state index < -0.39 is 0 Å². The maximum Gasteiger partial charge on any atom is 0.163 e. The van der Waals surface area contributed by atoms with Crippen molar-refractivity contribution in [3.63, 3.8) is 0 Å². The Bertz CT molecular complexity index is 581. The first-order chi connectivity index (χ1) is 9.74. The van der Waals surface area contributed by atoms with Gasteiger partial charge in [0.1, 0.15) is 12.4 Å². The number of hydrogen-bond acceptors (Lipinski definition) is 5. The van der Waals surface area contributed by atoms with E-state index in [9.17, 15) is 0 Å². The van der Waals surface area contributed by atoms with Gasteiger partial charge in [0.15, 0.2) is 11.5 Å². The molecule has 0 unspecified atom stereocenters. The average molecular weight is 279 g/mol. The first kappa shape index (κ1) is 14.6. The number of rotatable bonds is 7. The van der Waals surface area contributed by atoms with Crippen molar-refractivity contribution in [3.05, 3.63) is 18.0 Å². The summed E-state index contributed by atoms with van der Waals surface area (Å²) in [6.07, 6.45) is 0.885. The number of methoxy groups -OCH3 is 3. The molecule has 1 heterocycles. The topological polar surface area (TPSA) is 71.5 Å². The van der Waals surface area contributed by atoms with Crippen molar-refractivity contribution in [2.24, 2.45) is 5.73 Å². The van der Waals surface area contributed by atoms with Gasteiger partial charge in [-0.3, -0.25) is 0 Å². The number of imidazole rings is 1. The van der Waals surface area contributed by atoms with Crippen LogP contribution < -0.4 is 15.2 Å². The van der Waals surface area contributed by atoms with Crippen LogP contribution >= 0.6 is 0 Å². The van der Waals surface area contributed by atoms with E-state index in [2.05, 4.69) is 9.55 Å². The van der Waals surface area contributed by atoms with Gasteiger partial charge in [-0.05, 0) is 13.0 Å². The zero-order valence-electron chi connectivity index (χ0n) is 12.2. The molecule has 1 aromatic heterocycles. The van der Waals surface area contributed by atoms with Gasteiger partial charge in [-0.15, -0.1) is 0 Å². The third-order valence-corrected chi connectivity index (χ3v) is 3.19. The molecule has 0 aliphatic heterocycles. The fourth-order valence-corrected chi connectivity index (χ4v) is 2.24. The molecule has 0 radical (unpaired) electrons. The summed E-state index contributed by atoms with van der Waals surface area (Å²) in [6, 6.07) is 3.82. The molecule has 0 aliphatic rings. The Morgan fingerprint density at radius 1 is 1.15 bits per heavy atom. The van der Waals surface area contributed by atoms with Crippen molar-refractivity contribution in [1.29, 1.82) is 0 Å². The van der Waals surface area contributed by atoms with Crippen molar-refractivity contribution >= 4 is 11.0 Å². The average Bonchev–Trinajstić information content (AvgIpc) is 2.80. The minimum absolute atomic E-state index is 0.462. The second-order valence-corrected chi connectivity index (χ2v) is 4.45. The largest absolute Gasteiger partial charge is 0.493 e. The minimum Gasteiger partial charge on any atom is -0.493 e. The second-order valence-electron chi connectivity index (χ2n) is 4.45. The van der Waals surface area contributed by atoms with Crippen LogP contribution in [0.1, 0.15) is 12.2 Å². The van der Waals surface area contributed by atoms with Crippen LogP contribution in [-0.4, -0.2) is 37.4 Å². The number of benzene rings is 1. The fourth-order valence-electron chi connectivity index (χ4n) is 2.24. The van der Waals surface area contributed by atoms with Crippen LogP contribution in [0.3, 0.4) is 0 Å². The lowest BCUT2D eigenvalue weighted by Crippen LogP contribution is -2.09. The quantitative estimate of drug-likeness (QED) is 0.832. The number of nitrogens with two attached hydrogens (primary N) is 1. The van der Waals surface area contributed by atoms with Crippen molar-refractivity contribution in [3.8, 4) is 11.5 Å². The Kier molecular flexibility index (Phi) is 4.81. The number of nitrogens with zero attached hydrogens (tertiary/aromatic N) is 2. The van der Waals surface area contributed by atoms with Crippen LogP contribution in [0.15, 0.2) is 12.1 Å². The maximum absolute atomic E-state index is 5.61. The Morgan fingerprint density at radius 3 is 2.45 bits per heavy atom. The van der Waals surface area contributed by atoms with Gasteiger partial charge in [0.2, 0.25) is 0 Å². The van der Waals surface area contributed by atoms with Gasteiger partial charge in [-0.2, -0.15) is 0 Å². The SMILES string of the molecule is COCc1nc2cc(OC)c(OC)cc2n1CCCN. The van der Waals surface area contributed by atoms with E-state index >= 15 is 0 Å². The summed E-state index contributed by atoms with van der Waals surface area (Å²) in [5.41, 5.74) is 7.48. The molecule has 0 saturated carbocycles. The number of aromatic nitrogens is 2. The number of fused-ring (bicyclic) bond motifs is 1. The number of hydrogen-bond donors (Lipinski definition) is 1. The Balaban J connectivity index is 2.55. The lowest BCUT2D eigenvalue weighted by molar-refractivity contribution is 0.174. The molecule has 6 heteroatoms. The summed E-state index contributed by atoms with van der Waals surface area (Å²) in [7, 11) is 4.90. The number of aryl methyl sites for hydroxylation is 1. The van der Waals surface area contributed by atoms with Crippen LogP contribution in [0, 0.1) is 0 Å². The summed E-state index contributed by atoms with van der Waals surface area (Å²) < 4.78 is 18.0. The molecule has 0 spiro atoms. The molecule has 20 heavy (non-hydrogen) atoms. The molecule has 2 rings (SSSR count). The van der Waals surface area contributed by atoms with E-state index in [1.165, 1.54) is 0 Å². The van der Waals surface area contributed by atoms with E-state index in [4.69, 9.17) is 19.9 Å². The third kappa shape index (κ3) is 2.71. The number of ether oxygens (including phenoxy) is 3. The Labute approximate surface area is 118 Å². The van der Waals surface area contributed by atoms with E-state index in [1.54, 1.807) is 21.3 Å². The highest BCUT2D eigenvalue weighted by atomic mass is 16.5. The van der Waals surface area contributed by atoms with Gasteiger partial charge in [0.25, 0.3) is 0 Å². The highest BCUT2D eigenvalue weighted by Crippen LogP contribution is 2.32. The van der Waals surface area contributed by atoms with E-state index in [0.29, 0.717) is 24.7 Å². The highest BCUT2D eigenvalue weighted by molar-refractivity contribution is 5.80. The summed E-state index contributed by atoms with van der Waals surface area (Å²) in [5.74, 6) is 2.25. The second kappa shape index (κ2) is 6.58. The molecular formula is C14H21N3O3. The van der Waals surface area contributed by atoms with Gasteiger partial charge in [-0.1, -0.05) is 0 Å². The lowest BCUT2D eigenvalue weighted by Gasteiger charge is -2.10. The van der Waals surface area contributed by atoms with Crippen molar-refractivity contribution in [2.75, 3.05) is 27.9 Å². The zero-order chi connectivity index (χ0) is 14.5. The standard InChI is InChI=1S/C14H21N3O3/c1-18-9-14-16-10-7-12(19-2)13(20-3)8-11(10)17(14)6-4-5-15/h7-8H,4-6,9,15H2,1-3H3. The summed E-state index contributed by atoms with van der Waals surface area (Å²) in [5, 5.41) is 0. The normalized spacial score (nSPS) is 11.0. The highest BCUT2D eigenvalue weighted by Gasteiger charge is 2.14. The third-order valence-electron chi connectivity index (χ3n) is 3.19. The van der Waals surface area contributed by atoms with Gasteiger partial charge in [-0.25, -0.2) is 4.98 Å². The van der Waals surface area contributed by atoms with Gasteiger partial charge in [0, 0.05) is 25.8 Å². The van der Waals surface area contributed by atoms with Gasteiger partial charge in [0.05, 0.1) is 25.3 Å². The van der Waals surface area contributed by atoms with Crippen molar-refractivity contribution in [2.45, 2.75) is 19.6 Å². The molecule has 2 aromatic rings. The molecule has 0 saturated heterocycles. The van der Waals surface area contributed by atoms with E-state index in [1.807, 2.05) is 12.1 Å². The predicted octanol–water partition coefficient (Wildman–Crippen LogP) is 1.55. The molecule has 6 nitrogen and oxygen atoms in total. The molecule has 0 amide bonds. The molecule has 0 fully saturated rings. The molecular weight excluding hydrogens is 258 g/mol. The Morgan fingerprint density at radius 2 is 1.85 bits per heavy atom. The summed E-state index contributed by atoms with van der Waals surface area (Å²) in [6.45, 7) is 1.91. The monoisotopic (exact) mass is 279 g/mol. The molecule has 2 N–H and O–H groups in total. The lowest BCUT2D eigenvalue weighted by atomic mass is 10.2. The molecule has 110 valence electrons. The van der Waals surface area contributed by atoms with E-state index in [-0.39, 0.29) is 0 Å². The minimum atomic E-state index is 0.462. The summed E-state index contributed by atoms with van der Waals surface area (Å²) in [4.78, 5) is 4.60. The molecule has 0 atom stereocenters. The Hall–Kier alpha value is -1.79. The van der Waals surface area contributed by atoms with Crippen LogP contribution in [0.25, 0.3) is 11.0 Å². The first-order valence-electron chi connectivity index (χ1n) is 6.55. The van der Waals surface area contributed by atoms with Gasteiger partial charge < -0.3 is 24.5 Å². The smallest absolute Gasteiger partial charge is 0.163 e. The van der Waals surface area contributed by atoms with Crippen LogP contribution in [0.2, 0.25) is 0 Å². The molecule has 1 aromatic carbocycles. The van der Waals surface area contributed by atoms with Crippen LogP contribution in [0.5, 0.6) is 11.5 Å². The molecule has 0 bridgehead atoms. The first-order valence-corrected chi connectivity index (χ1v) is 6.55. The van der Waals surface area contributed by atoms with Gasteiger partial charge >= 0.3 is 0 Å². The van der Waals surface area contributed by atoms with Crippen molar-refractivity contribution < 1.29 is 14.2 Å². The maximum atomic E-state index is 5.61. The predicted molar refractivity (Wildman–Crippen MR) is 77.2 cm³/mol. The zero-order valence-corrected chi connectivity index (χ0v) is 12.2. The fraction of sp³-hybridized carbons (Fsp3) is 0.500.